The molecule has 0 aliphatic carbocycles. The molecule has 0 saturated heterocycles. The van der Waals surface area contributed by atoms with Crippen molar-refractivity contribution >= 4 is 22.5 Å². The van der Waals surface area contributed by atoms with Crippen LogP contribution in [0.5, 0.6) is 0 Å². The number of fused-ring (bicyclic) bond motifs is 1. The van der Waals surface area contributed by atoms with E-state index in [2.05, 4.69) is 17.4 Å². The number of nitrogens with one attached hydrogen (secondary N) is 1. The van der Waals surface area contributed by atoms with E-state index in [9.17, 15) is 4.79 Å². The van der Waals surface area contributed by atoms with Gasteiger partial charge in [-0.2, -0.15) is 0 Å². The van der Waals surface area contributed by atoms with Crippen molar-refractivity contribution in [1.82, 2.24) is 14.9 Å². The molecule has 24 heavy (non-hydrogen) atoms. The molecule has 0 unspecified atom stereocenters. The smallest absolute Gasteiger partial charge is 0.261 e. The van der Waals surface area contributed by atoms with Crippen molar-refractivity contribution in [2.75, 3.05) is 0 Å². The van der Waals surface area contributed by atoms with Gasteiger partial charge in [-0.05, 0) is 37.6 Å². The molecule has 0 bridgehead atoms. The number of rotatable bonds is 5. The number of hydrogen-bond donors (Lipinski definition) is 1. The number of benzene rings is 2. The topological polar surface area (TPSA) is 46.9 Å². The van der Waals surface area contributed by atoms with Gasteiger partial charge in [0, 0.05) is 18.1 Å². The second kappa shape index (κ2) is 7.16. The molecule has 4 nitrogen and oxygen atoms in total. The Morgan fingerprint density at radius 3 is 2.67 bits per heavy atom. The van der Waals surface area contributed by atoms with Crippen molar-refractivity contribution in [1.29, 1.82) is 0 Å². The summed E-state index contributed by atoms with van der Waals surface area (Å²) in [6, 6.07) is 15.3. The molecule has 0 spiro atoms. The van der Waals surface area contributed by atoms with E-state index >= 15 is 0 Å². The summed E-state index contributed by atoms with van der Waals surface area (Å²) in [6.07, 6.45) is 0. The molecule has 0 amide bonds. The van der Waals surface area contributed by atoms with E-state index in [4.69, 9.17) is 16.6 Å². The normalized spacial score (nSPS) is 12.5. The molecule has 1 atom stereocenters. The zero-order valence-electron chi connectivity index (χ0n) is 13.8. The molecule has 0 saturated carbocycles. The Morgan fingerprint density at radius 1 is 1.21 bits per heavy atom. The third-order valence-corrected chi connectivity index (χ3v) is 4.34. The minimum Gasteiger partial charge on any atom is -0.303 e. The van der Waals surface area contributed by atoms with Crippen LogP contribution in [0.15, 0.2) is 53.3 Å². The number of aromatic nitrogens is 2. The summed E-state index contributed by atoms with van der Waals surface area (Å²) in [5.74, 6) is 0.730. The molecule has 0 aliphatic rings. The van der Waals surface area contributed by atoms with Gasteiger partial charge in [-0.25, -0.2) is 4.98 Å². The van der Waals surface area contributed by atoms with Crippen LogP contribution in [0.25, 0.3) is 10.9 Å². The summed E-state index contributed by atoms with van der Waals surface area (Å²) in [5.41, 5.74) is 1.81. The van der Waals surface area contributed by atoms with Gasteiger partial charge in [-0.3, -0.25) is 9.36 Å². The first kappa shape index (κ1) is 16.7. The Balaban J connectivity index is 1.96. The molecule has 124 valence electrons. The lowest BCUT2D eigenvalue weighted by Gasteiger charge is -2.19. The van der Waals surface area contributed by atoms with Crippen LogP contribution >= 0.6 is 11.6 Å². The van der Waals surface area contributed by atoms with E-state index < -0.39 is 0 Å². The molecule has 1 aromatic heterocycles. The summed E-state index contributed by atoms with van der Waals surface area (Å²) in [7, 11) is 0. The lowest BCUT2D eigenvalue weighted by Crippen LogP contribution is -2.30. The third-order valence-electron chi connectivity index (χ3n) is 4.11. The van der Waals surface area contributed by atoms with E-state index in [-0.39, 0.29) is 11.6 Å². The lowest BCUT2D eigenvalue weighted by atomic mass is 10.2. The summed E-state index contributed by atoms with van der Waals surface area (Å²) < 4.78 is 1.72. The predicted octanol–water partition coefficient (Wildman–Crippen LogP) is 3.92. The molecule has 3 aromatic rings. The standard InChI is InChI=1S/C19H20ClN3O/c1-3-23-18(13(2)21-12-14-7-5-4-6-8-14)22-17-11-15(20)9-10-16(17)19(23)24/h4-11,13,21H,3,12H2,1-2H3/t13-/m0/s1. The van der Waals surface area contributed by atoms with Gasteiger partial charge in [0.2, 0.25) is 0 Å². The van der Waals surface area contributed by atoms with Crippen LogP contribution in [-0.2, 0) is 13.1 Å². The highest BCUT2D eigenvalue weighted by molar-refractivity contribution is 6.31. The number of nitrogens with zero attached hydrogens (tertiary/aromatic N) is 2. The highest BCUT2D eigenvalue weighted by Gasteiger charge is 2.15. The Hall–Kier alpha value is -2.17. The van der Waals surface area contributed by atoms with Crippen LogP contribution < -0.4 is 10.9 Å². The molecule has 3 rings (SSSR count). The fourth-order valence-corrected chi connectivity index (χ4v) is 2.97. The van der Waals surface area contributed by atoms with Gasteiger partial charge in [-0.15, -0.1) is 0 Å². The highest BCUT2D eigenvalue weighted by atomic mass is 35.5. The Labute approximate surface area is 146 Å². The lowest BCUT2D eigenvalue weighted by molar-refractivity contribution is 0.504. The Morgan fingerprint density at radius 2 is 1.96 bits per heavy atom. The number of hydrogen-bond acceptors (Lipinski definition) is 3. The molecule has 2 aromatic carbocycles. The summed E-state index contributed by atoms with van der Waals surface area (Å²) in [4.78, 5) is 17.4. The van der Waals surface area contributed by atoms with Crippen molar-refractivity contribution in [2.24, 2.45) is 0 Å². The second-order valence-electron chi connectivity index (χ2n) is 5.77. The van der Waals surface area contributed by atoms with E-state index in [0.29, 0.717) is 22.5 Å². The number of halogens is 1. The third kappa shape index (κ3) is 3.35. The molecule has 0 radical (unpaired) electrons. The maximum Gasteiger partial charge on any atom is 0.261 e. The SMILES string of the molecule is CCn1c([C@H](C)NCc2ccccc2)nc2cc(Cl)ccc2c1=O. The summed E-state index contributed by atoms with van der Waals surface area (Å²) >= 11 is 6.05. The monoisotopic (exact) mass is 341 g/mol. The van der Waals surface area contributed by atoms with Crippen molar-refractivity contribution in [3.8, 4) is 0 Å². The van der Waals surface area contributed by atoms with Crippen LogP contribution in [0, 0.1) is 0 Å². The first-order valence-electron chi connectivity index (χ1n) is 8.07. The zero-order chi connectivity index (χ0) is 17.1. The van der Waals surface area contributed by atoms with Gasteiger partial charge < -0.3 is 5.32 Å². The first-order valence-corrected chi connectivity index (χ1v) is 8.45. The molecule has 0 aliphatic heterocycles. The quantitative estimate of drug-likeness (QED) is 0.765. The van der Waals surface area contributed by atoms with Crippen LogP contribution in [0.4, 0.5) is 0 Å². The van der Waals surface area contributed by atoms with Gasteiger partial charge in [0.1, 0.15) is 5.82 Å². The zero-order valence-corrected chi connectivity index (χ0v) is 14.5. The molecular weight excluding hydrogens is 322 g/mol. The Bertz CT molecular complexity index is 906. The van der Waals surface area contributed by atoms with Gasteiger partial charge in [0.25, 0.3) is 5.56 Å². The maximum atomic E-state index is 12.7. The Kier molecular flexibility index (Phi) is 4.97. The van der Waals surface area contributed by atoms with E-state index in [0.717, 1.165) is 12.4 Å². The van der Waals surface area contributed by atoms with Crippen molar-refractivity contribution in [3.63, 3.8) is 0 Å². The minimum atomic E-state index is -0.0544. The van der Waals surface area contributed by atoms with Gasteiger partial charge in [0.15, 0.2) is 0 Å². The molecule has 0 fully saturated rings. The second-order valence-corrected chi connectivity index (χ2v) is 6.21. The maximum absolute atomic E-state index is 12.7. The first-order chi connectivity index (χ1) is 11.6. The minimum absolute atomic E-state index is 0.0254. The van der Waals surface area contributed by atoms with E-state index in [1.165, 1.54) is 5.56 Å². The van der Waals surface area contributed by atoms with E-state index in [1.54, 1.807) is 22.8 Å². The highest BCUT2D eigenvalue weighted by Crippen LogP contribution is 2.18. The fraction of sp³-hybridized carbons (Fsp3) is 0.263. The van der Waals surface area contributed by atoms with Crippen LogP contribution in [-0.4, -0.2) is 9.55 Å². The van der Waals surface area contributed by atoms with E-state index in [1.807, 2.05) is 32.0 Å². The van der Waals surface area contributed by atoms with Gasteiger partial charge in [-0.1, -0.05) is 41.9 Å². The van der Waals surface area contributed by atoms with Crippen molar-refractivity contribution < 1.29 is 0 Å². The van der Waals surface area contributed by atoms with Gasteiger partial charge in [0.05, 0.1) is 16.9 Å². The molecule has 1 heterocycles. The molecule has 1 N–H and O–H groups in total. The van der Waals surface area contributed by atoms with Crippen molar-refractivity contribution in [2.45, 2.75) is 33.0 Å². The summed E-state index contributed by atoms with van der Waals surface area (Å²) in [6.45, 7) is 5.28. The van der Waals surface area contributed by atoms with Gasteiger partial charge >= 0.3 is 0 Å². The van der Waals surface area contributed by atoms with Crippen molar-refractivity contribution in [3.05, 3.63) is 75.3 Å². The summed E-state index contributed by atoms with van der Waals surface area (Å²) in [5, 5.41) is 4.62. The largest absolute Gasteiger partial charge is 0.303 e. The average molecular weight is 342 g/mol. The molecule has 5 heteroatoms. The van der Waals surface area contributed by atoms with Crippen LogP contribution in [0.3, 0.4) is 0 Å². The average Bonchev–Trinajstić information content (AvgIpc) is 2.60. The predicted molar refractivity (Wildman–Crippen MR) is 98.4 cm³/mol. The molecular formula is C19H20ClN3O. The fourth-order valence-electron chi connectivity index (χ4n) is 2.81. The van der Waals surface area contributed by atoms with Crippen LogP contribution in [0.1, 0.15) is 31.3 Å². The van der Waals surface area contributed by atoms with Crippen LogP contribution in [0.2, 0.25) is 5.02 Å².